The number of hydrogen-bond donors (Lipinski definition) is 0. The molecule has 0 aliphatic carbocycles. The van der Waals surface area contributed by atoms with Crippen molar-refractivity contribution in [2.45, 2.75) is 20.0 Å². The van der Waals surface area contributed by atoms with E-state index in [1.807, 2.05) is 0 Å². The lowest BCUT2D eigenvalue weighted by Crippen LogP contribution is -2.39. The molecular weight excluding hydrogens is 346 g/mol. The minimum atomic E-state index is -1.04. The summed E-state index contributed by atoms with van der Waals surface area (Å²) in [5, 5.41) is 4.21. The zero-order valence-electron chi connectivity index (χ0n) is 11.1. The second-order valence-electron chi connectivity index (χ2n) is 4.77. The summed E-state index contributed by atoms with van der Waals surface area (Å²) in [6, 6.07) is 1.87. The summed E-state index contributed by atoms with van der Waals surface area (Å²) in [7, 11) is 0. The summed E-state index contributed by atoms with van der Waals surface area (Å²) in [6.45, 7) is 3.05. The first-order valence-corrected chi connectivity index (χ1v) is 7.09. The van der Waals surface area contributed by atoms with Crippen LogP contribution in [-0.2, 0) is 13.1 Å². The molecule has 0 unspecified atom stereocenters. The number of halogens is 3. The molecule has 0 saturated carbocycles. The number of aryl methyl sites for hydroxylation is 1. The van der Waals surface area contributed by atoms with Crippen molar-refractivity contribution in [3.8, 4) is 0 Å². The Morgan fingerprint density at radius 3 is 2.76 bits per heavy atom. The third kappa shape index (κ3) is 2.55. The lowest BCUT2D eigenvalue weighted by atomic mass is 10.1. The van der Waals surface area contributed by atoms with E-state index >= 15 is 0 Å². The van der Waals surface area contributed by atoms with Crippen molar-refractivity contribution in [3.05, 3.63) is 45.5 Å². The van der Waals surface area contributed by atoms with Crippen molar-refractivity contribution >= 4 is 21.8 Å². The average molecular weight is 357 g/mol. The van der Waals surface area contributed by atoms with Crippen molar-refractivity contribution < 1.29 is 13.6 Å². The first kappa shape index (κ1) is 14.1. The minimum absolute atomic E-state index is 0.0959. The SMILES string of the molecule is Cc1nc2n(n1)CCN(C(=O)c1cc(F)c(F)cc1Br)C2. The maximum atomic E-state index is 13.3. The second kappa shape index (κ2) is 5.18. The van der Waals surface area contributed by atoms with Crippen LogP contribution in [0.25, 0.3) is 0 Å². The first-order chi connectivity index (χ1) is 9.95. The molecule has 3 rings (SSSR count). The number of benzene rings is 1. The van der Waals surface area contributed by atoms with Crippen LogP contribution in [0.4, 0.5) is 8.78 Å². The van der Waals surface area contributed by atoms with E-state index in [4.69, 9.17) is 0 Å². The van der Waals surface area contributed by atoms with Gasteiger partial charge in [-0.2, -0.15) is 5.10 Å². The highest BCUT2D eigenvalue weighted by Crippen LogP contribution is 2.23. The van der Waals surface area contributed by atoms with Gasteiger partial charge in [-0.1, -0.05) is 0 Å². The highest BCUT2D eigenvalue weighted by atomic mass is 79.9. The van der Waals surface area contributed by atoms with Gasteiger partial charge in [0.25, 0.3) is 5.91 Å². The van der Waals surface area contributed by atoms with Gasteiger partial charge in [0, 0.05) is 11.0 Å². The average Bonchev–Trinajstić information content (AvgIpc) is 2.81. The lowest BCUT2D eigenvalue weighted by Gasteiger charge is -2.27. The summed E-state index contributed by atoms with van der Waals surface area (Å²) in [5.41, 5.74) is 0.0959. The predicted molar refractivity (Wildman–Crippen MR) is 73.6 cm³/mol. The summed E-state index contributed by atoms with van der Waals surface area (Å²) < 4.78 is 28.4. The zero-order valence-corrected chi connectivity index (χ0v) is 12.7. The van der Waals surface area contributed by atoms with Crippen molar-refractivity contribution in [3.63, 3.8) is 0 Å². The summed E-state index contributed by atoms with van der Waals surface area (Å²) in [5.74, 6) is -1.07. The number of amides is 1. The molecule has 110 valence electrons. The maximum Gasteiger partial charge on any atom is 0.255 e. The van der Waals surface area contributed by atoms with E-state index in [2.05, 4.69) is 26.0 Å². The van der Waals surface area contributed by atoms with E-state index in [0.717, 1.165) is 12.1 Å². The molecule has 1 aliphatic heterocycles. The fraction of sp³-hybridized carbons (Fsp3) is 0.308. The van der Waals surface area contributed by atoms with Gasteiger partial charge in [-0.3, -0.25) is 4.79 Å². The summed E-state index contributed by atoms with van der Waals surface area (Å²) >= 11 is 3.10. The van der Waals surface area contributed by atoms with Crippen LogP contribution in [0.3, 0.4) is 0 Å². The molecule has 1 aromatic carbocycles. The van der Waals surface area contributed by atoms with Crippen LogP contribution in [0.2, 0.25) is 0 Å². The molecular formula is C13H11BrF2N4O. The van der Waals surface area contributed by atoms with Crippen molar-refractivity contribution in [2.75, 3.05) is 6.54 Å². The molecule has 1 aliphatic rings. The van der Waals surface area contributed by atoms with Gasteiger partial charge in [0.05, 0.1) is 18.7 Å². The van der Waals surface area contributed by atoms with Crippen LogP contribution in [0.1, 0.15) is 22.0 Å². The first-order valence-electron chi connectivity index (χ1n) is 6.30. The van der Waals surface area contributed by atoms with E-state index < -0.39 is 11.6 Å². The molecule has 8 heteroatoms. The van der Waals surface area contributed by atoms with Crippen LogP contribution in [0.5, 0.6) is 0 Å². The molecule has 5 nitrogen and oxygen atoms in total. The van der Waals surface area contributed by atoms with Crippen LogP contribution < -0.4 is 0 Å². The van der Waals surface area contributed by atoms with Gasteiger partial charge in [-0.15, -0.1) is 0 Å². The van der Waals surface area contributed by atoms with Gasteiger partial charge in [-0.05, 0) is 35.0 Å². The van der Waals surface area contributed by atoms with E-state index in [9.17, 15) is 13.6 Å². The molecule has 0 atom stereocenters. The minimum Gasteiger partial charge on any atom is -0.329 e. The summed E-state index contributed by atoms with van der Waals surface area (Å²) in [6.07, 6.45) is 0. The molecule has 1 amide bonds. The quantitative estimate of drug-likeness (QED) is 0.736. The Labute approximate surface area is 127 Å². The molecule has 0 bridgehead atoms. The molecule has 0 fully saturated rings. The fourth-order valence-corrected chi connectivity index (χ4v) is 2.78. The number of nitrogens with zero attached hydrogens (tertiary/aromatic N) is 4. The van der Waals surface area contributed by atoms with Crippen molar-refractivity contribution in [1.82, 2.24) is 19.7 Å². The zero-order chi connectivity index (χ0) is 15.1. The smallest absolute Gasteiger partial charge is 0.255 e. The van der Waals surface area contributed by atoms with E-state index in [1.165, 1.54) is 0 Å². The second-order valence-corrected chi connectivity index (χ2v) is 5.63. The Morgan fingerprint density at radius 1 is 1.29 bits per heavy atom. The molecule has 2 heterocycles. The maximum absolute atomic E-state index is 13.3. The topological polar surface area (TPSA) is 51.0 Å². The normalized spacial score (nSPS) is 14.2. The highest BCUT2D eigenvalue weighted by Gasteiger charge is 2.26. The Morgan fingerprint density at radius 2 is 2.00 bits per heavy atom. The third-order valence-electron chi connectivity index (χ3n) is 3.30. The number of rotatable bonds is 1. The van der Waals surface area contributed by atoms with E-state index in [1.54, 1.807) is 16.5 Å². The summed E-state index contributed by atoms with van der Waals surface area (Å²) in [4.78, 5) is 18.2. The largest absolute Gasteiger partial charge is 0.329 e. The molecule has 0 radical (unpaired) electrons. The fourth-order valence-electron chi connectivity index (χ4n) is 2.29. The Bertz CT molecular complexity index is 731. The molecule has 0 N–H and O–H groups in total. The molecule has 0 spiro atoms. The number of fused-ring (bicyclic) bond motifs is 1. The Kier molecular flexibility index (Phi) is 3.48. The van der Waals surface area contributed by atoms with Crippen LogP contribution in [0, 0.1) is 18.6 Å². The van der Waals surface area contributed by atoms with Gasteiger partial charge < -0.3 is 4.90 Å². The number of carbonyl (C=O) groups is 1. The number of carbonyl (C=O) groups excluding carboxylic acids is 1. The molecule has 1 aromatic heterocycles. The standard InChI is InChI=1S/C13H11BrF2N4O/c1-7-17-12-6-19(2-3-20(12)18-7)13(21)8-4-10(15)11(16)5-9(8)14/h4-5H,2-3,6H2,1H3. The van der Waals surface area contributed by atoms with Gasteiger partial charge >= 0.3 is 0 Å². The lowest BCUT2D eigenvalue weighted by molar-refractivity contribution is 0.0701. The highest BCUT2D eigenvalue weighted by molar-refractivity contribution is 9.10. The van der Waals surface area contributed by atoms with Gasteiger partial charge in [-0.25, -0.2) is 18.4 Å². The van der Waals surface area contributed by atoms with Crippen molar-refractivity contribution in [2.24, 2.45) is 0 Å². The van der Waals surface area contributed by atoms with E-state index in [0.29, 0.717) is 31.3 Å². The van der Waals surface area contributed by atoms with Gasteiger partial charge in [0.15, 0.2) is 11.6 Å². The third-order valence-corrected chi connectivity index (χ3v) is 3.95. The molecule has 21 heavy (non-hydrogen) atoms. The van der Waals surface area contributed by atoms with Gasteiger partial charge in [0.2, 0.25) is 0 Å². The van der Waals surface area contributed by atoms with Crippen LogP contribution in [-0.4, -0.2) is 32.1 Å². The number of aromatic nitrogens is 3. The Balaban J connectivity index is 1.88. The predicted octanol–water partition coefficient (Wildman–Crippen LogP) is 2.28. The molecule has 2 aromatic rings. The monoisotopic (exact) mass is 356 g/mol. The van der Waals surface area contributed by atoms with Crippen LogP contribution >= 0.6 is 15.9 Å². The molecule has 0 saturated heterocycles. The number of hydrogen-bond acceptors (Lipinski definition) is 3. The Hall–Kier alpha value is -1.83. The van der Waals surface area contributed by atoms with Crippen molar-refractivity contribution in [1.29, 1.82) is 0 Å². The van der Waals surface area contributed by atoms with E-state index in [-0.39, 0.29) is 15.9 Å². The van der Waals surface area contributed by atoms with Gasteiger partial charge in [0.1, 0.15) is 11.6 Å². The van der Waals surface area contributed by atoms with Crippen LogP contribution in [0.15, 0.2) is 16.6 Å².